The van der Waals surface area contributed by atoms with Crippen LogP contribution >= 0.6 is 23.1 Å². The number of fused-ring (bicyclic) bond motifs is 3. The molecular weight excluding hydrogens is 390 g/mol. The fraction of sp³-hybridized carbons (Fsp3) is 0.667. The standard InChI is InChI=1S/C21H29N3O2S2/c1-4-24-20(26)17-15-10-9-12(2)11-16(15)28-19(17)23-21(24)27-13(3)18(25)22-14-7-5-6-8-14/h12-14H,4-11H2,1-3H3,(H,22,25)/t12-,13+/m1/s1. The van der Waals surface area contributed by atoms with E-state index in [0.29, 0.717) is 23.7 Å². The Morgan fingerprint density at radius 2 is 2.11 bits per heavy atom. The van der Waals surface area contributed by atoms with Crippen LogP contribution in [0.2, 0.25) is 0 Å². The second-order valence-electron chi connectivity index (χ2n) is 8.23. The van der Waals surface area contributed by atoms with Gasteiger partial charge >= 0.3 is 0 Å². The molecule has 0 aromatic carbocycles. The van der Waals surface area contributed by atoms with Gasteiger partial charge in [-0.2, -0.15) is 0 Å². The molecule has 2 aliphatic rings. The first-order valence-corrected chi connectivity index (χ1v) is 12.2. The summed E-state index contributed by atoms with van der Waals surface area (Å²) < 4.78 is 1.75. The van der Waals surface area contributed by atoms with Crippen molar-refractivity contribution < 1.29 is 4.79 Å². The second-order valence-corrected chi connectivity index (χ2v) is 10.6. The van der Waals surface area contributed by atoms with E-state index in [9.17, 15) is 9.59 Å². The number of aromatic nitrogens is 2. The molecule has 0 aliphatic heterocycles. The molecule has 1 saturated carbocycles. The maximum Gasteiger partial charge on any atom is 0.263 e. The normalized spacial score (nSPS) is 21.0. The van der Waals surface area contributed by atoms with E-state index in [2.05, 4.69) is 12.2 Å². The van der Waals surface area contributed by atoms with E-state index < -0.39 is 0 Å². The topological polar surface area (TPSA) is 64.0 Å². The Bertz CT molecular complexity index is 943. The number of aryl methyl sites for hydroxylation is 1. The number of rotatable bonds is 5. The molecule has 1 fully saturated rings. The van der Waals surface area contributed by atoms with Crippen molar-refractivity contribution in [2.24, 2.45) is 5.92 Å². The number of nitrogens with one attached hydrogen (secondary N) is 1. The van der Waals surface area contributed by atoms with Crippen molar-refractivity contribution in [3.05, 3.63) is 20.8 Å². The van der Waals surface area contributed by atoms with Crippen molar-refractivity contribution >= 4 is 39.2 Å². The number of nitrogens with zero attached hydrogens (tertiary/aromatic N) is 2. The van der Waals surface area contributed by atoms with Crippen LogP contribution in [0, 0.1) is 5.92 Å². The van der Waals surface area contributed by atoms with E-state index in [4.69, 9.17) is 4.98 Å². The first-order chi connectivity index (χ1) is 13.5. The molecule has 7 heteroatoms. The summed E-state index contributed by atoms with van der Waals surface area (Å²) in [5.74, 6) is 0.718. The van der Waals surface area contributed by atoms with E-state index in [1.165, 1.54) is 35.0 Å². The molecular formula is C21H29N3O2S2. The highest BCUT2D eigenvalue weighted by atomic mass is 32.2. The monoisotopic (exact) mass is 419 g/mol. The Hall–Kier alpha value is -1.34. The molecule has 2 aromatic rings. The lowest BCUT2D eigenvalue weighted by Crippen LogP contribution is -2.38. The van der Waals surface area contributed by atoms with Crippen molar-refractivity contribution in [3.8, 4) is 0 Å². The van der Waals surface area contributed by atoms with Gasteiger partial charge in [0.15, 0.2) is 5.16 Å². The molecule has 4 rings (SSSR count). The molecule has 2 aliphatic carbocycles. The second kappa shape index (κ2) is 8.19. The molecule has 2 atom stereocenters. The predicted octanol–water partition coefficient (Wildman–Crippen LogP) is 4.14. The first kappa shape index (κ1) is 20.0. The van der Waals surface area contributed by atoms with Gasteiger partial charge in [0.1, 0.15) is 4.83 Å². The van der Waals surface area contributed by atoms with Crippen molar-refractivity contribution in [2.45, 2.75) is 88.7 Å². The highest BCUT2D eigenvalue weighted by Gasteiger charge is 2.26. The maximum atomic E-state index is 13.2. The molecule has 0 radical (unpaired) electrons. The van der Waals surface area contributed by atoms with Gasteiger partial charge in [-0.3, -0.25) is 14.2 Å². The summed E-state index contributed by atoms with van der Waals surface area (Å²) in [6.45, 7) is 6.73. The molecule has 0 spiro atoms. The van der Waals surface area contributed by atoms with Crippen LogP contribution in [-0.2, 0) is 24.2 Å². The van der Waals surface area contributed by atoms with Crippen LogP contribution in [0.3, 0.4) is 0 Å². The quantitative estimate of drug-likeness (QED) is 0.584. The number of carbonyl (C=O) groups is 1. The number of carbonyl (C=O) groups excluding carboxylic acids is 1. The van der Waals surface area contributed by atoms with Crippen LogP contribution in [0.1, 0.15) is 63.3 Å². The van der Waals surface area contributed by atoms with E-state index in [1.54, 1.807) is 15.9 Å². The highest BCUT2D eigenvalue weighted by Crippen LogP contribution is 2.37. The minimum Gasteiger partial charge on any atom is -0.352 e. The lowest BCUT2D eigenvalue weighted by Gasteiger charge is -2.18. The van der Waals surface area contributed by atoms with Crippen LogP contribution in [0.5, 0.6) is 0 Å². The van der Waals surface area contributed by atoms with Crippen LogP contribution in [0.15, 0.2) is 9.95 Å². The van der Waals surface area contributed by atoms with Gasteiger partial charge in [-0.1, -0.05) is 31.5 Å². The molecule has 0 saturated heterocycles. The zero-order valence-electron chi connectivity index (χ0n) is 16.9. The zero-order chi connectivity index (χ0) is 19.8. The van der Waals surface area contributed by atoms with Gasteiger partial charge in [0, 0.05) is 17.5 Å². The molecule has 28 heavy (non-hydrogen) atoms. The first-order valence-electron chi connectivity index (χ1n) is 10.5. The predicted molar refractivity (Wildman–Crippen MR) is 116 cm³/mol. The van der Waals surface area contributed by atoms with Crippen LogP contribution < -0.4 is 10.9 Å². The van der Waals surface area contributed by atoms with Crippen LogP contribution in [-0.4, -0.2) is 26.8 Å². The fourth-order valence-corrected chi connectivity index (χ4v) is 6.78. The minimum atomic E-state index is -0.266. The summed E-state index contributed by atoms with van der Waals surface area (Å²) in [5, 5.41) is 4.38. The van der Waals surface area contributed by atoms with E-state index in [1.807, 2.05) is 13.8 Å². The maximum absolute atomic E-state index is 13.2. The Morgan fingerprint density at radius 3 is 2.82 bits per heavy atom. The molecule has 2 heterocycles. The summed E-state index contributed by atoms with van der Waals surface area (Å²) in [5.41, 5.74) is 1.28. The van der Waals surface area contributed by atoms with E-state index >= 15 is 0 Å². The van der Waals surface area contributed by atoms with Crippen LogP contribution in [0.25, 0.3) is 10.2 Å². The third-order valence-corrected chi connectivity index (χ3v) is 8.29. The van der Waals surface area contributed by atoms with Gasteiger partial charge in [0.2, 0.25) is 5.91 Å². The van der Waals surface area contributed by atoms with Crippen LogP contribution in [0.4, 0.5) is 0 Å². The molecule has 1 N–H and O–H groups in total. The molecule has 1 amide bonds. The Labute approximate surface area is 174 Å². The molecule has 152 valence electrons. The van der Waals surface area contributed by atoms with E-state index in [0.717, 1.165) is 42.3 Å². The minimum absolute atomic E-state index is 0.0493. The Kier molecular flexibility index (Phi) is 5.83. The fourth-order valence-electron chi connectivity index (χ4n) is 4.37. The molecule has 0 unspecified atom stereocenters. The summed E-state index contributed by atoms with van der Waals surface area (Å²) in [7, 11) is 0. The lowest BCUT2D eigenvalue weighted by molar-refractivity contribution is -0.120. The Morgan fingerprint density at radius 1 is 1.36 bits per heavy atom. The number of thioether (sulfide) groups is 1. The third kappa shape index (κ3) is 3.75. The highest BCUT2D eigenvalue weighted by molar-refractivity contribution is 8.00. The van der Waals surface area contributed by atoms with Gasteiger partial charge in [0.05, 0.1) is 10.6 Å². The molecule has 2 aromatic heterocycles. The van der Waals surface area contributed by atoms with Crippen molar-refractivity contribution in [3.63, 3.8) is 0 Å². The van der Waals surface area contributed by atoms with Crippen molar-refractivity contribution in [2.75, 3.05) is 0 Å². The van der Waals surface area contributed by atoms with Gasteiger partial charge in [-0.05, 0) is 57.4 Å². The summed E-state index contributed by atoms with van der Waals surface area (Å²) in [4.78, 5) is 32.9. The Balaban J connectivity index is 1.63. The smallest absolute Gasteiger partial charge is 0.263 e. The summed E-state index contributed by atoms with van der Waals surface area (Å²) >= 11 is 3.08. The zero-order valence-corrected chi connectivity index (χ0v) is 18.5. The van der Waals surface area contributed by atoms with Gasteiger partial charge in [-0.25, -0.2) is 4.98 Å². The number of thiophene rings is 1. The molecule has 5 nitrogen and oxygen atoms in total. The van der Waals surface area contributed by atoms with Gasteiger partial charge in [0.25, 0.3) is 5.56 Å². The van der Waals surface area contributed by atoms with Crippen molar-refractivity contribution in [1.82, 2.24) is 14.9 Å². The van der Waals surface area contributed by atoms with Gasteiger partial charge in [-0.15, -0.1) is 11.3 Å². The third-order valence-electron chi connectivity index (χ3n) is 6.05. The lowest BCUT2D eigenvalue weighted by atomic mass is 9.89. The average molecular weight is 420 g/mol. The largest absolute Gasteiger partial charge is 0.352 e. The SMILES string of the molecule is CCn1c(S[C@@H](C)C(=O)NC2CCCC2)nc2sc3c(c2c1=O)CC[C@@H](C)C3. The summed E-state index contributed by atoms with van der Waals surface area (Å²) in [6.07, 6.45) is 7.70. The van der Waals surface area contributed by atoms with E-state index in [-0.39, 0.29) is 16.7 Å². The average Bonchev–Trinajstić information content (AvgIpc) is 3.28. The number of hydrogen-bond donors (Lipinski definition) is 1. The summed E-state index contributed by atoms with van der Waals surface area (Å²) in [6, 6.07) is 0.311. The van der Waals surface area contributed by atoms with Gasteiger partial charge < -0.3 is 5.32 Å². The van der Waals surface area contributed by atoms with Crippen molar-refractivity contribution in [1.29, 1.82) is 0 Å². The molecule has 0 bridgehead atoms. The number of hydrogen-bond acceptors (Lipinski definition) is 5. The number of amides is 1.